The van der Waals surface area contributed by atoms with E-state index in [0.717, 1.165) is 13.1 Å². The molecule has 1 aromatic carbocycles. The van der Waals surface area contributed by atoms with Crippen molar-refractivity contribution in [2.75, 3.05) is 32.1 Å². The molecule has 1 saturated heterocycles. The van der Waals surface area contributed by atoms with Gasteiger partial charge in [-0.1, -0.05) is 12.1 Å². The number of anilines is 1. The van der Waals surface area contributed by atoms with Gasteiger partial charge in [0, 0.05) is 19.2 Å². The molecule has 0 radical (unpaired) electrons. The molecule has 1 aliphatic rings. The van der Waals surface area contributed by atoms with Crippen LogP contribution in [-0.4, -0.2) is 38.9 Å². The topological polar surface area (TPSA) is 50.4 Å². The van der Waals surface area contributed by atoms with Crippen molar-refractivity contribution in [1.29, 1.82) is 0 Å². The van der Waals surface area contributed by atoms with Crippen LogP contribution in [0.1, 0.15) is 24.8 Å². The third-order valence-corrected chi connectivity index (χ3v) is 4.37. The summed E-state index contributed by atoms with van der Waals surface area (Å²) in [4.78, 5) is 12.7. The summed E-state index contributed by atoms with van der Waals surface area (Å²) in [6.45, 7) is 1.87. The molecule has 1 fully saturated rings. The number of carbonyl (C=O) groups is 1. The first kappa shape index (κ1) is 18.7. The molecule has 4 nitrogen and oxygen atoms in total. The number of hydrogen-bond acceptors (Lipinski definition) is 3. The molecule has 7 heteroatoms. The molecule has 1 amide bonds. The normalized spacial score (nSPS) is 17.5. The average molecular weight is 344 g/mol. The Kier molecular flexibility index (Phi) is 6.23. The molecule has 1 aromatic rings. The first-order valence-corrected chi connectivity index (χ1v) is 8.01. The monoisotopic (exact) mass is 344 g/mol. The fraction of sp³-hybridized carbons (Fsp3) is 0.588. The van der Waals surface area contributed by atoms with Gasteiger partial charge in [-0.15, -0.1) is 0 Å². The highest BCUT2D eigenvalue weighted by molar-refractivity contribution is 5.95. The number of aryl methyl sites for hydroxylation is 1. The van der Waals surface area contributed by atoms with Gasteiger partial charge in [0.05, 0.1) is 12.0 Å². The Labute approximate surface area is 139 Å². The maximum absolute atomic E-state index is 12.7. The van der Waals surface area contributed by atoms with Crippen molar-refractivity contribution >= 4 is 11.6 Å². The van der Waals surface area contributed by atoms with Crippen molar-refractivity contribution in [3.8, 4) is 0 Å². The summed E-state index contributed by atoms with van der Waals surface area (Å²) in [6.07, 6.45) is -3.68. The van der Waals surface area contributed by atoms with E-state index in [1.165, 1.54) is 0 Å². The van der Waals surface area contributed by atoms with E-state index < -0.39 is 18.0 Å². The van der Waals surface area contributed by atoms with Gasteiger partial charge in [0.1, 0.15) is 0 Å². The highest BCUT2D eigenvalue weighted by atomic mass is 19.4. The van der Waals surface area contributed by atoms with E-state index in [-0.39, 0.29) is 12.3 Å². The molecule has 2 N–H and O–H groups in total. The maximum atomic E-state index is 12.7. The van der Waals surface area contributed by atoms with E-state index in [0.29, 0.717) is 30.7 Å². The van der Waals surface area contributed by atoms with Crippen LogP contribution in [0.3, 0.4) is 0 Å². The Balaban J connectivity index is 1.98. The number of amides is 1. The number of piperidine rings is 1. The highest BCUT2D eigenvalue weighted by Crippen LogP contribution is 2.31. The lowest BCUT2D eigenvalue weighted by atomic mass is 9.78. The van der Waals surface area contributed by atoms with Gasteiger partial charge in [-0.3, -0.25) is 4.79 Å². The number of hydrogen-bond donors (Lipinski definition) is 2. The summed E-state index contributed by atoms with van der Waals surface area (Å²) in [5.74, 6) is -0.103. The lowest BCUT2D eigenvalue weighted by molar-refractivity contribution is -0.134. The van der Waals surface area contributed by atoms with Crippen LogP contribution in [0.2, 0.25) is 0 Å². The van der Waals surface area contributed by atoms with Crippen LogP contribution in [-0.2, 0) is 16.0 Å². The number of rotatable bonds is 6. The van der Waals surface area contributed by atoms with Gasteiger partial charge in [0.25, 0.3) is 0 Å². The van der Waals surface area contributed by atoms with E-state index >= 15 is 0 Å². The summed E-state index contributed by atoms with van der Waals surface area (Å²) in [5.41, 5.74) is 0.623. The number of carbonyl (C=O) groups excluding carboxylic acids is 1. The lowest BCUT2D eigenvalue weighted by Gasteiger charge is -2.35. The Morgan fingerprint density at radius 3 is 2.42 bits per heavy atom. The molecule has 1 heterocycles. The smallest absolute Gasteiger partial charge is 0.384 e. The molecular formula is C17H23F3N2O2. The third-order valence-electron chi connectivity index (χ3n) is 4.37. The van der Waals surface area contributed by atoms with E-state index in [9.17, 15) is 18.0 Å². The second kappa shape index (κ2) is 7.98. The minimum atomic E-state index is -4.16. The van der Waals surface area contributed by atoms with Crippen molar-refractivity contribution in [2.24, 2.45) is 5.41 Å². The fourth-order valence-electron chi connectivity index (χ4n) is 2.92. The minimum absolute atomic E-state index is 0.0585. The van der Waals surface area contributed by atoms with Crippen LogP contribution in [0.25, 0.3) is 0 Å². The zero-order chi connectivity index (χ0) is 17.6. The zero-order valence-electron chi connectivity index (χ0n) is 13.7. The number of nitrogens with one attached hydrogen (secondary N) is 2. The predicted molar refractivity (Wildman–Crippen MR) is 85.9 cm³/mol. The Bertz CT molecular complexity index is 532. The summed E-state index contributed by atoms with van der Waals surface area (Å²) in [7, 11) is 1.58. The zero-order valence-corrected chi connectivity index (χ0v) is 13.7. The molecule has 0 saturated carbocycles. The van der Waals surface area contributed by atoms with Crippen LogP contribution >= 0.6 is 0 Å². The fourth-order valence-corrected chi connectivity index (χ4v) is 2.92. The van der Waals surface area contributed by atoms with E-state index in [1.54, 1.807) is 31.4 Å². The predicted octanol–water partition coefficient (Wildman–Crippen LogP) is 3.14. The molecule has 0 atom stereocenters. The van der Waals surface area contributed by atoms with E-state index in [4.69, 9.17) is 4.74 Å². The van der Waals surface area contributed by atoms with Gasteiger partial charge in [-0.05, 0) is 50.0 Å². The molecule has 2 rings (SSSR count). The molecule has 0 unspecified atom stereocenters. The van der Waals surface area contributed by atoms with Crippen molar-refractivity contribution in [2.45, 2.75) is 31.9 Å². The second-order valence-electron chi connectivity index (χ2n) is 6.23. The molecule has 1 aliphatic heterocycles. The summed E-state index contributed by atoms with van der Waals surface area (Å²) in [6, 6.07) is 6.52. The van der Waals surface area contributed by atoms with Gasteiger partial charge >= 0.3 is 6.18 Å². The largest absolute Gasteiger partial charge is 0.389 e. The SMILES string of the molecule is COCC1(C(=O)Nc2ccc(CCC(F)(F)F)cc2)CCNCC1. The van der Waals surface area contributed by atoms with Gasteiger partial charge in [-0.25, -0.2) is 0 Å². The number of ether oxygens (including phenoxy) is 1. The van der Waals surface area contributed by atoms with Crippen molar-refractivity contribution in [3.05, 3.63) is 29.8 Å². The average Bonchev–Trinajstić information content (AvgIpc) is 2.54. The van der Waals surface area contributed by atoms with Crippen molar-refractivity contribution in [3.63, 3.8) is 0 Å². The maximum Gasteiger partial charge on any atom is 0.389 e. The molecule has 0 aromatic heterocycles. The molecule has 134 valence electrons. The van der Waals surface area contributed by atoms with Gasteiger partial charge in [0.15, 0.2) is 0 Å². The van der Waals surface area contributed by atoms with Gasteiger partial charge < -0.3 is 15.4 Å². The number of benzene rings is 1. The first-order valence-electron chi connectivity index (χ1n) is 8.01. The van der Waals surface area contributed by atoms with Crippen molar-refractivity contribution in [1.82, 2.24) is 5.32 Å². The number of methoxy groups -OCH3 is 1. The van der Waals surface area contributed by atoms with Gasteiger partial charge in [-0.2, -0.15) is 13.2 Å². The van der Waals surface area contributed by atoms with Crippen LogP contribution in [0.5, 0.6) is 0 Å². The standard InChI is InChI=1S/C17H23F3N2O2/c1-24-12-16(8-10-21-11-9-16)15(23)22-14-4-2-13(3-5-14)6-7-17(18,19)20/h2-5,21H,6-12H2,1H3,(H,22,23). The molecule has 24 heavy (non-hydrogen) atoms. The van der Waals surface area contributed by atoms with Crippen LogP contribution in [0.4, 0.5) is 18.9 Å². The Morgan fingerprint density at radius 1 is 1.25 bits per heavy atom. The second-order valence-corrected chi connectivity index (χ2v) is 6.23. The third kappa shape index (κ3) is 5.21. The molecule has 0 spiro atoms. The summed E-state index contributed by atoms with van der Waals surface area (Å²) >= 11 is 0. The molecule has 0 bridgehead atoms. The van der Waals surface area contributed by atoms with Gasteiger partial charge in [0.2, 0.25) is 5.91 Å². The number of alkyl halides is 3. The Hall–Kier alpha value is -1.60. The van der Waals surface area contributed by atoms with E-state index in [2.05, 4.69) is 10.6 Å². The molecular weight excluding hydrogens is 321 g/mol. The highest BCUT2D eigenvalue weighted by Gasteiger charge is 2.39. The Morgan fingerprint density at radius 2 is 1.88 bits per heavy atom. The van der Waals surface area contributed by atoms with Crippen LogP contribution < -0.4 is 10.6 Å². The summed E-state index contributed by atoms with van der Waals surface area (Å²) < 4.78 is 41.9. The summed E-state index contributed by atoms with van der Waals surface area (Å²) in [5, 5.41) is 6.09. The minimum Gasteiger partial charge on any atom is -0.384 e. The lowest BCUT2D eigenvalue weighted by Crippen LogP contribution is -2.47. The van der Waals surface area contributed by atoms with E-state index in [1.807, 2.05) is 0 Å². The van der Waals surface area contributed by atoms with Crippen LogP contribution in [0, 0.1) is 5.41 Å². The van der Waals surface area contributed by atoms with Crippen molar-refractivity contribution < 1.29 is 22.7 Å². The first-order chi connectivity index (χ1) is 11.3. The number of halogens is 3. The quantitative estimate of drug-likeness (QED) is 0.834. The van der Waals surface area contributed by atoms with Crippen LogP contribution in [0.15, 0.2) is 24.3 Å². The molecule has 0 aliphatic carbocycles.